The largest absolute Gasteiger partial charge is 0.367 e. The number of thiazole rings is 1. The van der Waals surface area contributed by atoms with Gasteiger partial charge in [-0.25, -0.2) is 4.98 Å². The number of carbonyl (C=O) groups is 1. The van der Waals surface area contributed by atoms with Gasteiger partial charge in [-0.15, -0.1) is 11.3 Å². The molecule has 0 saturated carbocycles. The second-order valence-corrected chi connectivity index (χ2v) is 9.12. The minimum atomic E-state index is -0.0510. The van der Waals surface area contributed by atoms with E-state index >= 15 is 0 Å². The van der Waals surface area contributed by atoms with Crippen LogP contribution in [0.5, 0.6) is 0 Å². The van der Waals surface area contributed by atoms with Gasteiger partial charge in [-0.1, -0.05) is 35.9 Å². The summed E-state index contributed by atoms with van der Waals surface area (Å²) in [5.74, 6) is -0.0510. The van der Waals surface area contributed by atoms with Crippen LogP contribution in [0.15, 0.2) is 47.8 Å². The molecule has 0 radical (unpaired) electrons. The molecular formula is C23H25ClN4OS. The SMILES string of the molecule is Cc1nc(-c2ccc(CC(=O)Nc3cc(Cl)ccc3N3CCN(C)CC3)cc2)cs1. The summed E-state index contributed by atoms with van der Waals surface area (Å²) in [4.78, 5) is 21.9. The van der Waals surface area contributed by atoms with Gasteiger partial charge in [0.2, 0.25) is 5.91 Å². The van der Waals surface area contributed by atoms with E-state index in [4.69, 9.17) is 11.6 Å². The van der Waals surface area contributed by atoms with Crippen molar-refractivity contribution in [2.75, 3.05) is 43.4 Å². The van der Waals surface area contributed by atoms with Crippen molar-refractivity contribution in [2.45, 2.75) is 13.3 Å². The molecule has 0 spiro atoms. The Bertz CT molecular complexity index is 1030. The number of piperazine rings is 1. The number of hydrogen-bond acceptors (Lipinski definition) is 5. The van der Waals surface area contributed by atoms with Gasteiger partial charge in [0.1, 0.15) is 0 Å². The molecule has 156 valence electrons. The topological polar surface area (TPSA) is 48.5 Å². The number of likely N-dealkylation sites (N-methyl/N-ethyl adjacent to an activating group) is 1. The number of benzene rings is 2. The molecular weight excluding hydrogens is 416 g/mol. The Hall–Kier alpha value is -2.41. The lowest BCUT2D eigenvalue weighted by atomic mass is 10.1. The van der Waals surface area contributed by atoms with E-state index in [1.807, 2.05) is 49.4 Å². The molecule has 0 atom stereocenters. The minimum Gasteiger partial charge on any atom is -0.367 e. The number of amides is 1. The number of rotatable bonds is 5. The van der Waals surface area contributed by atoms with E-state index in [1.165, 1.54) is 0 Å². The number of aromatic nitrogens is 1. The third-order valence-corrected chi connectivity index (χ3v) is 6.32. The van der Waals surface area contributed by atoms with Crippen molar-refractivity contribution in [3.63, 3.8) is 0 Å². The zero-order valence-electron chi connectivity index (χ0n) is 17.2. The first-order valence-electron chi connectivity index (χ1n) is 10.0. The highest BCUT2D eigenvalue weighted by molar-refractivity contribution is 7.09. The van der Waals surface area contributed by atoms with Crippen LogP contribution in [0.1, 0.15) is 10.6 Å². The normalized spacial score (nSPS) is 14.7. The van der Waals surface area contributed by atoms with Crippen LogP contribution in [0, 0.1) is 6.92 Å². The molecule has 2 heterocycles. The second kappa shape index (κ2) is 9.16. The van der Waals surface area contributed by atoms with Crippen LogP contribution in [0.3, 0.4) is 0 Å². The quantitative estimate of drug-likeness (QED) is 0.624. The first-order valence-corrected chi connectivity index (χ1v) is 11.3. The first-order chi connectivity index (χ1) is 14.5. The molecule has 1 aliphatic heterocycles. The maximum Gasteiger partial charge on any atom is 0.228 e. The Morgan fingerprint density at radius 3 is 2.53 bits per heavy atom. The molecule has 0 unspecified atom stereocenters. The van der Waals surface area contributed by atoms with E-state index in [-0.39, 0.29) is 5.91 Å². The molecule has 0 bridgehead atoms. The number of halogens is 1. The Morgan fingerprint density at radius 1 is 1.13 bits per heavy atom. The van der Waals surface area contributed by atoms with Gasteiger partial charge in [0.05, 0.1) is 28.5 Å². The number of nitrogens with one attached hydrogen (secondary N) is 1. The molecule has 30 heavy (non-hydrogen) atoms. The zero-order valence-corrected chi connectivity index (χ0v) is 18.8. The van der Waals surface area contributed by atoms with Gasteiger partial charge in [0, 0.05) is 42.1 Å². The highest BCUT2D eigenvalue weighted by atomic mass is 35.5. The van der Waals surface area contributed by atoms with Crippen LogP contribution in [-0.2, 0) is 11.2 Å². The number of carbonyl (C=O) groups excluding carboxylic acids is 1. The van der Waals surface area contributed by atoms with Gasteiger partial charge >= 0.3 is 0 Å². The third kappa shape index (κ3) is 5.01. The lowest BCUT2D eigenvalue weighted by molar-refractivity contribution is -0.115. The zero-order chi connectivity index (χ0) is 21.1. The Morgan fingerprint density at radius 2 is 1.87 bits per heavy atom. The fraction of sp³-hybridized carbons (Fsp3) is 0.304. The van der Waals surface area contributed by atoms with Gasteiger partial charge < -0.3 is 15.1 Å². The summed E-state index contributed by atoms with van der Waals surface area (Å²) >= 11 is 7.85. The smallest absolute Gasteiger partial charge is 0.228 e. The van der Waals surface area contributed by atoms with E-state index in [2.05, 4.69) is 32.5 Å². The van der Waals surface area contributed by atoms with Gasteiger partial charge in [-0.3, -0.25) is 4.79 Å². The van der Waals surface area contributed by atoms with Gasteiger partial charge in [-0.05, 0) is 37.7 Å². The lowest BCUT2D eigenvalue weighted by Gasteiger charge is -2.35. The van der Waals surface area contributed by atoms with E-state index in [0.29, 0.717) is 11.4 Å². The van der Waals surface area contributed by atoms with Crippen molar-refractivity contribution >= 4 is 40.2 Å². The highest BCUT2D eigenvalue weighted by Gasteiger charge is 2.18. The lowest BCUT2D eigenvalue weighted by Crippen LogP contribution is -2.44. The number of anilines is 2. The van der Waals surface area contributed by atoms with Crippen LogP contribution < -0.4 is 10.2 Å². The van der Waals surface area contributed by atoms with Crippen LogP contribution in [0.4, 0.5) is 11.4 Å². The van der Waals surface area contributed by atoms with Crippen molar-refractivity contribution < 1.29 is 4.79 Å². The maximum absolute atomic E-state index is 12.7. The van der Waals surface area contributed by atoms with Crippen LogP contribution in [-0.4, -0.2) is 49.0 Å². The molecule has 1 amide bonds. The van der Waals surface area contributed by atoms with E-state index in [1.54, 1.807) is 11.3 Å². The molecule has 0 aliphatic carbocycles. The standard InChI is InChI=1S/C23H25ClN4OS/c1-16-25-21(15-30-16)18-5-3-17(4-6-18)13-23(29)26-20-14-19(24)7-8-22(20)28-11-9-27(2)10-12-28/h3-8,14-15H,9-13H2,1-2H3,(H,26,29). The monoisotopic (exact) mass is 440 g/mol. The van der Waals surface area contributed by atoms with E-state index in [0.717, 1.165) is 59.4 Å². The summed E-state index contributed by atoms with van der Waals surface area (Å²) in [5, 5.41) is 6.78. The average Bonchev–Trinajstić information content (AvgIpc) is 3.16. The Balaban J connectivity index is 1.44. The molecule has 5 nitrogen and oxygen atoms in total. The molecule has 3 aromatic rings. The molecule has 4 rings (SSSR count). The van der Waals surface area contributed by atoms with Crippen LogP contribution in [0.25, 0.3) is 11.3 Å². The predicted molar refractivity (Wildman–Crippen MR) is 126 cm³/mol. The highest BCUT2D eigenvalue weighted by Crippen LogP contribution is 2.30. The maximum atomic E-state index is 12.7. The van der Waals surface area contributed by atoms with Crippen molar-refractivity contribution in [3.05, 3.63) is 63.4 Å². The van der Waals surface area contributed by atoms with Gasteiger partial charge in [-0.2, -0.15) is 0 Å². The fourth-order valence-electron chi connectivity index (χ4n) is 3.60. The van der Waals surface area contributed by atoms with Crippen molar-refractivity contribution in [1.82, 2.24) is 9.88 Å². The summed E-state index contributed by atoms with van der Waals surface area (Å²) in [6.07, 6.45) is 0.311. The van der Waals surface area contributed by atoms with Gasteiger partial charge in [0.15, 0.2) is 0 Å². The summed E-state index contributed by atoms with van der Waals surface area (Å²) in [6, 6.07) is 13.7. The summed E-state index contributed by atoms with van der Waals surface area (Å²) in [6.45, 7) is 5.86. The minimum absolute atomic E-state index is 0.0510. The van der Waals surface area contributed by atoms with Crippen molar-refractivity contribution in [2.24, 2.45) is 0 Å². The summed E-state index contributed by atoms with van der Waals surface area (Å²) in [7, 11) is 2.13. The van der Waals surface area contributed by atoms with Crippen molar-refractivity contribution in [1.29, 1.82) is 0 Å². The predicted octanol–water partition coefficient (Wildman–Crippen LogP) is 4.70. The molecule has 7 heteroatoms. The number of nitrogens with zero attached hydrogens (tertiary/aromatic N) is 3. The fourth-order valence-corrected chi connectivity index (χ4v) is 4.39. The third-order valence-electron chi connectivity index (χ3n) is 5.31. The molecule has 1 fully saturated rings. The molecule has 1 aromatic heterocycles. The first kappa shape index (κ1) is 20.8. The van der Waals surface area contributed by atoms with Crippen LogP contribution >= 0.6 is 22.9 Å². The summed E-state index contributed by atoms with van der Waals surface area (Å²) < 4.78 is 0. The Kier molecular flexibility index (Phi) is 6.37. The van der Waals surface area contributed by atoms with Gasteiger partial charge in [0.25, 0.3) is 0 Å². The number of aryl methyl sites for hydroxylation is 1. The van der Waals surface area contributed by atoms with E-state index in [9.17, 15) is 4.79 Å². The molecule has 1 saturated heterocycles. The van der Waals surface area contributed by atoms with Crippen molar-refractivity contribution in [3.8, 4) is 11.3 Å². The van der Waals surface area contributed by atoms with E-state index < -0.39 is 0 Å². The van der Waals surface area contributed by atoms with Crippen LogP contribution in [0.2, 0.25) is 5.02 Å². The molecule has 2 aromatic carbocycles. The second-order valence-electron chi connectivity index (χ2n) is 7.63. The number of hydrogen-bond donors (Lipinski definition) is 1. The molecule has 1 N–H and O–H groups in total. The Labute approximate surface area is 186 Å². The average molecular weight is 441 g/mol. The summed E-state index contributed by atoms with van der Waals surface area (Å²) in [5.41, 5.74) is 4.80. The molecule has 1 aliphatic rings.